The number of hydrogen-bond donors (Lipinski definition) is 2. The van der Waals surface area contributed by atoms with Gasteiger partial charge in [-0.05, 0) is 35.7 Å². The van der Waals surface area contributed by atoms with Gasteiger partial charge in [-0.15, -0.1) is 21.5 Å². The molecule has 0 aliphatic carbocycles. The zero-order valence-corrected chi connectivity index (χ0v) is 16.8. The number of nitrogen functional groups attached to an aromatic ring is 1. The molecule has 0 saturated heterocycles. The van der Waals surface area contributed by atoms with Gasteiger partial charge in [-0.25, -0.2) is 4.68 Å². The molecule has 0 spiro atoms. The lowest BCUT2D eigenvalue weighted by Gasteiger charge is -2.09. The Balaban J connectivity index is 1.35. The molecule has 0 saturated carbocycles. The van der Waals surface area contributed by atoms with E-state index < -0.39 is 0 Å². The Labute approximate surface area is 175 Å². The molecule has 0 unspecified atom stereocenters. The maximum Gasteiger partial charge on any atom is 0.234 e. The van der Waals surface area contributed by atoms with Crippen LogP contribution in [-0.2, 0) is 4.79 Å². The van der Waals surface area contributed by atoms with Gasteiger partial charge in [0.05, 0.1) is 10.6 Å². The largest absolute Gasteiger partial charge is 0.457 e. The Morgan fingerprint density at radius 3 is 2.69 bits per heavy atom. The Kier molecular flexibility index (Phi) is 5.78. The first-order chi connectivity index (χ1) is 14.2. The second kappa shape index (κ2) is 8.80. The zero-order chi connectivity index (χ0) is 20.1. The SMILES string of the molecule is Nn1c(SCC(=O)Nc2cccc(Oc3ccccc3)c2)nnc1-c1cccs1. The smallest absolute Gasteiger partial charge is 0.234 e. The van der Waals surface area contributed by atoms with Gasteiger partial charge in [0.1, 0.15) is 11.5 Å². The van der Waals surface area contributed by atoms with Crippen LogP contribution >= 0.6 is 23.1 Å². The average Bonchev–Trinajstić information content (AvgIpc) is 3.37. The summed E-state index contributed by atoms with van der Waals surface area (Å²) < 4.78 is 7.19. The van der Waals surface area contributed by atoms with Gasteiger partial charge >= 0.3 is 0 Å². The number of carbonyl (C=O) groups excluding carboxylic acids is 1. The predicted molar refractivity (Wildman–Crippen MR) is 116 cm³/mol. The van der Waals surface area contributed by atoms with Crippen molar-refractivity contribution >= 4 is 34.7 Å². The lowest BCUT2D eigenvalue weighted by Crippen LogP contribution is -2.16. The summed E-state index contributed by atoms with van der Waals surface area (Å²) in [6.07, 6.45) is 0. The van der Waals surface area contributed by atoms with E-state index >= 15 is 0 Å². The number of nitrogens with zero attached hydrogens (tertiary/aromatic N) is 3. The van der Waals surface area contributed by atoms with Gasteiger partial charge in [-0.3, -0.25) is 4.79 Å². The van der Waals surface area contributed by atoms with Gasteiger partial charge in [0.2, 0.25) is 11.1 Å². The number of thioether (sulfide) groups is 1. The highest BCUT2D eigenvalue weighted by atomic mass is 32.2. The number of para-hydroxylation sites is 1. The lowest BCUT2D eigenvalue weighted by molar-refractivity contribution is -0.113. The Bertz CT molecular complexity index is 1100. The molecule has 3 N–H and O–H groups in total. The first kappa shape index (κ1) is 19.0. The van der Waals surface area contributed by atoms with Crippen molar-refractivity contribution in [2.75, 3.05) is 16.9 Å². The summed E-state index contributed by atoms with van der Waals surface area (Å²) in [4.78, 5) is 13.3. The van der Waals surface area contributed by atoms with Crippen molar-refractivity contribution in [3.8, 4) is 22.2 Å². The minimum Gasteiger partial charge on any atom is -0.457 e. The van der Waals surface area contributed by atoms with Crippen LogP contribution in [0.3, 0.4) is 0 Å². The lowest BCUT2D eigenvalue weighted by atomic mass is 10.3. The number of nitrogens with two attached hydrogens (primary N) is 1. The molecule has 2 heterocycles. The molecule has 7 nitrogen and oxygen atoms in total. The first-order valence-electron chi connectivity index (χ1n) is 8.69. The van der Waals surface area contributed by atoms with Gasteiger partial charge in [-0.1, -0.05) is 42.1 Å². The molecule has 0 aliphatic heterocycles. The fourth-order valence-corrected chi connectivity index (χ4v) is 3.90. The Hall–Kier alpha value is -3.30. The van der Waals surface area contributed by atoms with Gasteiger partial charge in [-0.2, -0.15) is 0 Å². The van der Waals surface area contributed by atoms with Crippen molar-refractivity contribution in [1.82, 2.24) is 14.9 Å². The molecule has 1 amide bonds. The third kappa shape index (κ3) is 4.76. The summed E-state index contributed by atoms with van der Waals surface area (Å²) in [5, 5.41) is 13.4. The number of benzene rings is 2. The van der Waals surface area contributed by atoms with Crippen molar-refractivity contribution in [2.45, 2.75) is 5.16 Å². The fraction of sp³-hybridized carbons (Fsp3) is 0.0500. The van der Waals surface area contributed by atoms with E-state index in [0.717, 1.165) is 10.6 Å². The van der Waals surface area contributed by atoms with Gasteiger partial charge in [0, 0.05) is 11.8 Å². The number of nitrogens with one attached hydrogen (secondary N) is 1. The number of thiophene rings is 1. The summed E-state index contributed by atoms with van der Waals surface area (Å²) in [7, 11) is 0. The van der Waals surface area contributed by atoms with Crippen molar-refractivity contribution in [2.24, 2.45) is 0 Å². The number of rotatable bonds is 7. The van der Waals surface area contributed by atoms with Gasteiger partial charge in [0.25, 0.3) is 0 Å². The molecule has 0 atom stereocenters. The number of amides is 1. The van der Waals surface area contributed by atoms with Crippen LogP contribution in [0, 0.1) is 0 Å². The number of hydrogen-bond acceptors (Lipinski definition) is 7. The van der Waals surface area contributed by atoms with Crippen LogP contribution in [-0.4, -0.2) is 26.5 Å². The average molecular weight is 424 g/mol. The molecule has 29 heavy (non-hydrogen) atoms. The number of anilines is 1. The first-order valence-corrected chi connectivity index (χ1v) is 10.6. The molecular formula is C20H17N5O2S2. The minimum atomic E-state index is -0.174. The van der Waals surface area contributed by atoms with E-state index in [1.54, 1.807) is 12.1 Å². The van der Waals surface area contributed by atoms with Crippen LogP contribution in [0.5, 0.6) is 11.5 Å². The molecule has 146 valence electrons. The van der Waals surface area contributed by atoms with E-state index in [1.165, 1.54) is 27.8 Å². The minimum absolute atomic E-state index is 0.156. The zero-order valence-electron chi connectivity index (χ0n) is 15.2. The summed E-state index contributed by atoms with van der Waals surface area (Å²) in [6.45, 7) is 0. The monoisotopic (exact) mass is 423 g/mol. The fourth-order valence-electron chi connectivity index (χ4n) is 2.54. The molecule has 2 aromatic carbocycles. The predicted octanol–water partition coefficient (Wildman–Crippen LogP) is 4.24. The molecular weight excluding hydrogens is 406 g/mol. The summed E-state index contributed by atoms with van der Waals surface area (Å²) in [6, 6.07) is 20.5. The quantitative estimate of drug-likeness (QED) is 0.341. The van der Waals surface area contributed by atoms with E-state index in [9.17, 15) is 4.79 Å². The maximum absolute atomic E-state index is 12.3. The summed E-state index contributed by atoms with van der Waals surface area (Å²) >= 11 is 2.75. The van der Waals surface area contributed by atoms with E-state index in [0.29, 0.717) is 22.4 Å². The van der Waals surface area contributed by atoms with E-state index in [1.807, 2.05) is 60.0 Å². The van der Waals surface area contributed by atoms with Crippen molar-refractivity contribution in [1.29, 1.82) is 0 Å². The maximum atomic E-state index is 12.3. The normalized spacial score (nSPS) is 10.6. The van der Waals surface area contributed by atoms with Crippen LogP contribution in [0.15, 0.2) is 77.3 Å². The number of ether oxygens (including phenoxy) is 1. The highest BCUT2D eigenvalue weighted by Gasteiger charge is 2.14. The van der Waals surface area contributed by atoms with E-state index in [2.05, 4.69) is 15.5 Å². The van der Waals surface area contributed by atoms with Gasteiger partial charge in [0.15, 0.2) is 5.82 Å². The van der Waals surface area contributed by atoms with Crippen LogP contribution in [0.4, 0.5) is 5.69 Å². The summed E-state index contributed by atoms with van der Waals surface area (Å²) in [5.74, 6) is 7.99. The van der Waals surface area contributed by atoms with Crippen LogP contribution in [0.2, 0.25) is 0 Å². The number of carbonyl (C=O) groups is 1. The standard InChI is InChI=1S/C20H17N5O2S2/c21-25-19(17-10-5-11-28-17)23-24-20(25)29-13-18(26)22-14-6-4-9-16(12-14)27-15-7-2-1-3-8-15/h1-12H,13,21H2,(H,22,26). The number of aromatic nitrogens is 3. The van der Waals surface area contributed by atoms with Crippen LogP contribution in [0.1, 0.15) is 0 Å². The van der Waals surface area contributed by atoms with Crippen molar-refractivity contribution < 1.29 is 9.53 Å². The highest BCUT2D eigenvalue weighted by molar-refractivity contribution is 7.99. The van der Waals surface area contributed by atoms with Crippen LogP contribution in [0.25, 0.3) is 10.7 Å². The molecule has 9 heteroatoms. The summed E-state index contributed by atoms with van der Waals surface area (Å²) in [5.41, 5.74) is 0.650. The van der Waals surface area contributed by atoms with E-state index in [4.69, 9.17) is 10.6 Å². The van der Waals surface area contributed by atoms with E-state index in [-0.39, 0.29) is 11.7 Å². The second-order valence-electron chi connectivity index (χ2n) is 5.93. The molecule has 0 aliphatic rings. The molecule has 0 fully saturated rings. The Morgan fingerprint density at radius 2 is 1.90 bits per heavy atom. The molecule has 2 aromatic heterocycles. The molecule has 0 radical (unpaired) electrons. The van der Waals surface area contributed by atoms with Crippen molar-refractivity contribution in [3.05, 3.63) is 72.1 Å². The molecule has 0 bridgehead atoms. The van der Waals surface area contributed by atoms with Crippen molar-refractivity contribution in [3.63, 3.8) is 0 Å². The van der Waals surface area contributed by atoms with Gasteiger partial charge < -0.3 is 15.9 Å². The van der Waals surface area contributed by atoms with Crippen LogP contribution < -0.4 is 15.9 Å². The molecule has 4 aromatic rings. The second-order valence-corrected chi connectivity index (χ2v) is 7.82. The third-order valence-electron chi connectivity index (χ3n) is 3.84. The Morgan fingerprint density at radius 1 is 1.07 bits per heavy atom. The highest BCUT2D eigenvalue weighted by Crippen LogP contribution is 2.26. The molecule has 4 rings (SSSR count). The third-order valence-corrected chi connectivity index (χ3v) is 5.64. The topological polar surface area (TPSA) is 95.1 Å².